The summed E-state index contributed by atoms with van der Waals surface area (Å²) >= 11 is 3.51. The van der Waals surface area contributed by atoms with Gasteiger partial charge in [0.25, 0.3) is 0 Å². The van der Waals surface area contributed by atoms with Crippen LogP contribution in [0.3, 0.4) is 0 Å². The van der Waals surface area contributed by atoms with Crippen LogP contribution in [0.2, 0.25) is 0 Å². The van der Waals surface area contributed by atoms with E-state index in [1.165, 1.54) is 24.8 Å². The Morgan fingerprint density at radius 3 is 2.32 bits per heavy atom. The molecule has 1 heterocycles. The lowest BCUT2D eigenvalue weighted by Gasteiger charge is -2.38. The molecule has 2 amide bonds. The van der Waals surface area contributed by atoms with Crippen molar-refractivity contribution in [1.82, 2.24) is 14.4 Å². The Morgan fingerprint density at radius 2 is 1.71 bits per heavy atom. The molecule has 0 spiro atoms. The number of rotatable bonds is 9. The molecule has 0 unspecified atom stereocenters. The number of halogens is 1. The summed E-state index contributed by atoms with van der Waals surface area (Å²) in [5.41, 5.74) is 2.37. The van der Waals surface area contributed by atoms with E-state index in [4.69, 9.17) is 0 Å². The molecule has 1 aromatic carbocycles. The van der Waals surface area contributed by atoms with E-state index in [1.54, 1.807) is 0 Å². The van der Waals surface area contributed by atoms with Crippen LogP contribution in [-0.2, 0) is 22.7 Å². The zero-order valence-corrected chi connectivity index (χ0v) is 22.2. The maximum Gasteiger partial charge on any atom is 0.242 e. The summed E-state index contributed by atoms with van der Waals surface area (Å²) in [7, 11) is 0. The molecule has 5 nitrogen and oxygen atoms in total. The van der Waals surface area contributed by atoms with Gasteiger partial charge in [0, 0.05) is 40.9 Å². The molecule has 0 bridgehead atoms. The third-order valence-corrected chi connectivity index (χ3v) is 8.05. The van der Waals surface area contributed by atoms with Crippen LogP contribution in [0.1, 0.15) is 76.5 Å². The molecule has 34 heavy (non-hydrogen) atoms. The highest BCUT2D eigenvalue weighted by atomic mass is 79.9. The second-order valence-corrected chi connectivity index (χ2v) is 11.2. The van der Waals surface area contributed by atoms with Crippen LogP contribution >= 0.6 is 15.9 Å². The fourth-order valence-electron chi connectivity index (χ4n) is 5.16. The molecule has 0 radical (unpaired) electrons. The second-order valence-electron chi connectivity index (χ2n) is 10.3. The number of carbonyl (C=O) groups excluding carboxylic acids is 2. The number of benzene rings is 1. The Labute approximate surface area is 212 Å². The first-order valence-electron chi connectivity index (χ1n) is 12.9. The van der Waals surface area contributed by atoms with E-state index in [9.17, 15) is 9.59 Å². The number of amides is 2. The molecule has 0 aliphatic heterocycles. The topological polar surface area (TPSA) is 45.6 Å². The van der Waals surface area contributed by atoms with Crippen molar-refractivity contribution in [2.45, 2.75) is 90.4 Å². The zero-order chi connectivity index (χ0) is 24.1. The van der Waals surface area contributed by atoms with Gasteiger partial charge in [-0.05, 0) is 69.4 Å². The smallest absolute Gasteiger partial charge is 0.242 e. The van der Waals surface area contributed by atoms with Crippen molar-refractivity contribution in [2.75, 3.05) is 6.54 Å². The van der Waals surface area contributed by atoms with Gasteiger partial charge in [-0.15, -0.1) is 0 Å². The lowest BCUT2D eigenvalue weighted by atomic mass is 9.84. The van der Waals surface area contributed by atoms with Crippen molar-refractivity contribution in [3.8, 4) is 0 Å². The van der Waals surface area contributed by atoms with Gasteiger partial charge in [-0.1, -0.05) is 53.7 Å². The molecule has 2 fully saturated rings. The third kappa shape index (κ3) is 6.12. The molecule has 2 aliphatic carbocycles. The number of nitrogens with zero attached hydrogens (tertiary/aromatic N) is 3. The largest absolute Gasteiger partial charge is 0.345 e. The van der Waals surface area contributed by atoms with Crippen LogP contribution in [-0.4, -0.2) is 44.8 Å². The van der Waals surface area contributed by atoms with E-state index < -0.39 is 0 Å². The molecule has 2 saturated carbocycles. The highest BCUT2D eigenvalue weighted by Gasteiger charge is 2.34. The third-order valence-electron chi connectivity index (χ3n) is 7.52. The summed E-state index contributed by atoms with van der Waals surface area (Å²) in [6.07, 6.45) is 10.8. The summed E-state index contributed by atoms with van der Waals surface area (Å²) in [6, 6.07) is 12.9. The first-order valence-corrected chi connectivity index (χ1v) is 13.7. The van der Waals surface area contributed by atoms with Crippen molar-refractivity contribution >= 4 is 27.7 Å². The standard InChI is InChI=1S/C28H38BrN3O2/c1-21(2)31(28(34)23-8-6-9-23)20-27(33)32(25-10-4-3-5-11-25)19-26-12-7-17-30(26)18-22-13-15-24(29)16-14-22/h7,12-17,21,23,25H,3-6,8-11,18-20H2,1-2H3. The minimum atomic E-state index is 0.0338. The molecular formula is C28H38BrN3O2. The predicted octanol–water partition coefficient (Wildman–Crippen LogP) is 6.00. The van der Waals surface area contributed by atoms with Gasteiger partial charge in [0.2, 0.25) is 11.8 Å². The van der Waals surface area contributed by atoms with Crippen LogP contribution in [0, 0.1) is 5.92 Å². The van der Waals surface area contributed by atoms with E-state index in [0.717, 1.165) is 48.8 Å². The average molecular weight is 529 g/mol. The normalized spacial score (nSPS) is 16.9. The summed E-state index contributed by atoms with van der Waals surface area (Å²) < 4.78 is 3.32. The molecule has 4 rings (SSSR count). The van der Waals surface area contributed by atoms with Crippen molar-refractivity contribution in [1.29, 1.82) is 0 Å². The number of carbonyl (C=O) groups is 2. The fraction of sp³-hybridized carbons (Fsp3) is 0.571. The molecule has 0 saturated heterocycles. The van der Waals surface area contributed by atoms with Crippen molar-refractivity contribution in [3.05, 3.63) is 58.3 Å². The Morgan fingerprint density at radius 1 is 1.00 bits per heavy atom. The van der Waals surface area contributed by atoms with Crippen molar-refractivity contribution < 1.29 is 9.59 Å². The molecule has 0 atom stereocenters. The van der Waals surface area contributed by atoms with E-state index >= 15 is 0 Å². The summed E-state index contributed by atoms with van der Waals surface area (Å²) in [4.78, 5) is 30.7. The van der Waals surface area contributed by atoms with Crippen LogP contribution in [0.4, 0.5) is 0 Å². The monoisotopic (exact) mass is 527 g/mol. The predicted molar refractivity (Wildman–Crippen MR) is 139 cm³/mol. The van der Waals surface area contributed by atoms with Gasteiger partial charge in [-0.25, -0.2) is 0 Å². The minimum Gasteiger partial charge on any atom is -0.345 e. The number of hydrogen-bond donors (Lipinski definition) is 0. The van der Waals surface area contributed by atoms with E-state index in [-0.39, 0.29) is 36.4 Å². The Hall–Kier alpha value is -2.08. The van der Waals surface area contributed by atoms with Gasteiger partial charge in [0.1, 0.15) is 6.54 Å². The highest BCUT2D eigenvalue weighted by molar-refractivity contribution is 9.10. The SMILES string of the molecule is CC(C)N(CC(=O)N(Cc1cccn1Cc1ccc(Br)cc1)C1CCCCC1)C(=O)C1CCC1. The van der Waals surface area contributed by atoms with Crippen LogP contribution in [0.25, 0.3) is 0 Å². The first kappa shape index (κ1) is 25.0. The highest BCUT2D eigenvalue weighted by Crippen LogP contribution is 2.30. The maximum absolute atomic E-state index is 13.7. The summed E-state index contributed by atoms with van der Waals surface area (Å²) in [5.74, 6) is 0.364. The van der Waals surface area contributed by atoms with Gasteiger partial charge in [-0.2, -0.15) is 0 Å². The zero-order valence-electron chi connectivity index (χ0n) is 20.6. The lowest BCUT2D eigenvalue weighted by Crippen LogP contribution is -2.51. The van der Waals surface area contributed by atoms with E-state index in [2.05, 4.69) is 68.0 Å². The van der Waals surface area contributed by atoms with Crippen LogP contribution in [0.5, 0.6) is 0 Å². The average Bonchev–Trinajstić information content (AvgIpc) is 3.22. The van der Waals surface area contributed by atoms with Gasteiger partial charge in [0.05, 0.1) is 6.54 Å². The van der Waals surface area contributed by atoms with Crippen molar-refractivity contribution in [3.63, 3.8) is 0 Å². The summed E-state index contributed by atoms with van der Waals surface area (Å²) in [5, 5.41) is 0. The molecule has 2 aromatic rings. The summed E-state index contributed by atoms with van der Waals surface area (Å²) in [6.45, 7) is 5.62. The maximum atomic E-state index is 13.7. The van der Waals surface area contributed by atoms with Gasteiger partial charge in [0.15, 0.2) is 0 Å². The quantitative estimate of drug-likeness (QED) is 0.401. The number of aromatic nitrogens is 1. The van der Waals surface area contributed by atoms with Crippen molar-refractivity contribution in [2.24, 2.45) is 5.92 Å². The van der Waals surface area contributed by atoms with Crippen LogP contribution in [0.15, 0.2) is 47.1 Å². The molecule has 2 aliphatic rings. The Kier molecular flexibility index (Phi) is 8.51. The number of hydrogen-bond acceptors (Lipinski definition) is 2. The molecule has 0 N–H and O–H groups in total. The Bertz CT molecular complexity index is 958. The minimum absolute atomic E-state index is 0.0338. The van der Waals surface area contributed by atoms with Gasteiger partial charge in [-0.3, -0.25) is 9.59 Å². The lowest BCUT2D eigenvalue weighted by molar-refractivity contribution is -0.148. The van der Waals surface area contributed by atoms with E-state index in [1.807, 2.05) is 18.7 Å². The van der Waals surface area contributed by atoms with E-state index in [0.29, 0.717) is 6.54 Å². The molecule has 6 heteroatoms. The first-order chi connectivity index (χ1) is 16.4. The second kappa shape index (κ2) is 11.6. The van der Waals surface area contributed by atoms with Crippen LogP contribution < -0.4 is 0 Å². The Balaban J connectivity index is 1.51. The molecule has 1 aromatic heterocycles. The molecule has 184 valence electrons. The molecular weight excluding hydrogens is 490 g/mol. The van der Waals surface area contributed by atoms with Gasteiger partial charge < -0.3 is 14.4 Å². The van der Waals surface area contributed by atoms with Gasteiger partial charge >= 0.3 is 0 Å². The fourth-order valence-corrected chi connectivity index (χ4v) is 5.43.